The fourth-order valence-electron chi connectivity index (χ4n) is 4.79. The SMILES string of the molecule is COc1cc(OCc2csc(-c3ccc(CN4CCOCC4)cc3)n2)c2cc(-c3cn4nc(C)sc4n3)oc2c1. The van der Waals surface area contributed by atoms with Crippen LogP contribution in [0.4, 0.5) is 0 Å². The molecule has 0 spiro atoms. The van der Waals surface area contributed by atoms with Crippen LogP contribution in [-0.4, -0.2) is 57.9 Å². The molecule has 0 unspecified atom stereocenters. The average Bonchev–Trinajstić information content (AvgIpc) is 3.75. The third-order valence-corrected chi connectivity index (χ3v) is 8.62. The van der Waals surface area contributed by atoms with Gasteiger partial charge in [0.15, 0.2) is 5.76 Å². The van der Waals surface area contributed by atoms with E-state index in [1.54, 1.807) is 23.0 Å². The van der Waals surface area contributed by atoms with Crippen molar-refractivity contribution < 1.29 is 18.6 Å². The number of morpholine rings is 1. The summed E-state index contributed by atoms with van der Waals surface area (Å²) in [4.78, 5) is 12.8. The minimum Gasteiger partial charge on any atom is -0.496 e. The van der Waals surface area contributed by atoms with Gasteiger partial charge in [0.2, 0.25) is 4.96 Å². The number of thiazole rings is 1. The van der Waals surface area contributed by atoms with Gasteiger partial charge in [0, 0.05) is 42.7 Å². The molecule has 4 aromatic heterocycles. The van der Waals surface area contributed by atoms with Gasteiger partial charge in [0.05, 0.1) is 37.6 Å². The first-order valence-corrected chi connectivity index (χ1v) is 14.7. The molecule has 7 rings (SSSR count). The standard InChI is InChI=1S/C29H27N5O4S2/c1-18-32-34-15-24(31-29(34)40-18)27-13-23-25(11-22(35-2)12-26(23)38-27)37-16-21-17-39-28(30-21)20-5-3-19(4-6-20)14-33-7-9-36-10-8-33/h3-6,11-13,15,17H,7-10,14,16H2,1-2H3. The van der Waals surface area contributed by atoms with E-state index in [0.717, 1.165) is 70.2 Å². The average molecular weight is 574 g/mol. The zero-order valence-electron chi connectivity index (χ0n) is 22.1. The first kappa shape index (κ1) is 25.2. The number of hydrogen-bond donors (Lipinski definition) is 0. The summed E-state index contributed by atoms with van der Waals surface area (Å²) in [6.07, 6.45) is 1.88. The normalized spacial score (nSPS) is 14.3. The summed E-state index contributed by atoms with van der Waals surface area (Å²) in [5.41, 5.74) is 4.66. The monoisotopic (exact) mass is 573 g/mol. The third-order valence-electron chi connectivity index (χ3n) is 6.84. The van der Waals surface area contributed by atoms with Crippen molar-refractivity contribution >= 4 is 38.6 Å². The van der Waals surface area contributed by atoms with Gasteiger partial charge >= 0.3 is 0 Å². The number of aromatic nitrogens is 4. The summed E-state index contributed by atoms with van der Waals surface area (Å²) < 4.78 is 25.2. The van der Waals surface area contributed by atoms with Crippen molar-refractivity contribution in [1.82, 2.24) is 24.5 Å². The van der Waals surface area contributed by atoms with E-state index in [2.05, 4.69) is 39.2 Å². The third kappa shape index (κ3) is 5.08. The first-order chi connectivity index (χ1) is 19.6. The molecule has 40 heavy (non-hydrogen) atoms. The van der Waals surface area contributed by atoms with Crippen LogP contribution in [0.25, 0.3) is 38.0 Å². The molecule has 0 saturated carbocycles. The largest absolute Gasteiger partial charge is 0.496 e. The molecule has 0 N–H and O–H groups in total. The van der Waals surface area contributed by atoms with E-state index >= 15 is 0 Å². The van der Waals surface area contributed by atoms with Crippen molar-refractivity contribution in [2.75, 3.05) is 33.4 Å². The van der Waals surface area contributed by atoms with Crippen LogP contribution in [0.1, 0.15) is 16.3 Å². The van der Waals surface area contributed by atoms with E-state index in [4.69, 9.17) is 23.6 Å². The topological polar surface area (TPSA) is 87.2 Å². The molecule has 0 aliphatic carbocycles. The molecule has 2 aromatic carbocycles. The van der Waals surface area contributed by atoms with Crippen LogP contribution in [0, 0.1) is 6.92 Å². The lowest BCUT2D eigenvalue weighted by atomic mass is 10.1. The van der Waals surface area contributed by atoms with Crippen LogP contribution in [-0.2, 0) is 17.9 Å². The summed E-state index contributed by atoms with van der Waals surface area (Å²) in [5.74, 6) is 1.97. The minimum absolute atomic E-state index is 0.331. The lowest BCUT2D eigenvalue weighted by Crippen LogP contribution is -2.35. The molecule has 0 bridgehead atoms. The molecule has 1 aliphatic heterocycles. The van der Waals surface area contributed by atoms with Crippen LogP contribution < -0.4 is 9.47 Å². The quantitative estimate of drug-likeness (QED) is 0.217. The zero-order chi connectivity index (χ0) is 27.1. The second-order valence-corrected chi connectivity index (χ2v) is 11.7. The predicted molar refractivity (Wildman–Crippen MR) is 155 cm³/mol. The van der Waals surface area contributed by atoms with Crippen LogP contribution in [0.2, 0.25) is 0 Å². The highest BCUT2D eigenvalue weighted by atomic mass is 32.1. The maximum absolute atomic E-state index is 6.26. The molecule has 1 aliphatic rings. The van der Waals surface area contributed by atoms with E-state index in [1.807, 2.05) is 36.7 Å². The van der Waals surface area contributed by atoms with Crippen molar-refractivity contribution in [3.8, 4) is 33.5 Å². The Kier molecular flexibility index (Phi) is 6.72. The predicted octanol–water partition coefficient (Wildman–Crippen LogP) is 6.06. The van der Waals surface area contributed by atoms with Gasteiger partial charge in [-0.1, -0.05) is 35.6 Å². The van der Waals surface area contributed by atoms with Crippen LogP contribution in [0.5, 0.6) is 11.5 Å². The molecule has 204 valence electrons. The first-order valence-electron chi connectivity index (χ1n) is 13.0. The molecule has 6 aromatic rings. The number of methoxy groups -OCH3 is 1. The number of ether oxygens (including phenoxy) is 3. The van der Waals surface area contributed by atoms with Crippen LogP contribution in [0.15, 0.2) is 58.5 Å². The van der Waals surface area contributed by atoms with E-state index < -0.39 is 0 Å². The van der Waals surface area contributed by atoms with Crippen molar-refractivity contribution in [3.05, 3.63) is 70.3 Å². The highest BCUT2D eigenvalue weighted by molar-refractivity contribution is 7.16. The zero-order valence-corrected chi connectivity index (χ0v) is 23.8. The molecular formula is C29H27N5O4S2. The maximum Gasteiger partial charge on any atom is 0.212 e. The van der Waals surface area contributed by atoms with Gasteiger partial charge in [-0.25, -0.2) is 14.5 Å². The Morgan fingerprint density at radius 1 is 1.05 bits per heavy atom. The molecule has 0 radical (unpaired) electrons. The fraction of sp³-hybridized carbons (Fsp3) is 0.276. The summed E-state index contributed by atoms with van der Waals surface area (Å²) in [6.45, 7) is 6.83. The molecule has 1 saturated heterocycles. The number of imidazole rings is 1. The van der Waals surface area contributed by atoms with Crippen LogP contribution >= 0.6 is 22.7 Å². The number of rotatable bonds is 8. The Bertz CT molecular complexity index is 1750. The summed E-state index contributed by atoms with van der Waals surface area (Å²) in [6, 6.07) is 14.4. The lowest BCUT2D eigenvalue weighted by molar-refractivity contribution is 0.0342. The Morgan fingerprint density at radius 2 is 1.90 bits per heavy atom. The Hall–Kier alpha value is -3.77. The number of hydrogen-bond acceptors (Lipinski definition) is 10. The van der Waals surface area contributed by atoms with E-state index in [1.165, 1.54) is 16.9 Å². The van der Waals surface area contributed by atoms with E-state index in [0.29, 0.717) is 29.4 Å². The second kappa shape index (κ2) is 10.7. The van der Waals surface area contributed by atoms with Gasteiger partial charge in [-0.15, -0.1) is 11.3 Å². The highest BCUT2D eigenvalue weighted by Gasteiger charge is 2.17. The molecule has 0 atom stereocenters. The Morgan fingerprint density at radius 3 is 2.70 bits per heavy atom. The van der Waals surface area contributed by atoms with Gasteiger partial charge in [-0.2, -0.15) is 5.10 Å². The number of nitrogens with zero attached hydrogens (tertiary/aromatic N) is 5. The maximum atomic E-state index is 6.26. The van der Waals surface area contributed by atoms with Gasteiger partial charge in [0.25, 0.3) is 0 Å². The molecular weight excluding hydrogens is 546 g/mol. The van der Waals surface area contributed by atoms with Crippen molar-refractivity contribution in [1.29, 1.82) is 0 Å². The smallest absolute Gasteiger partial charge is 0.212 e. The molecule has 11 heteroatoms. The molecule has 9 nitrogen and oxygen atoms in total. The van der Waals surface area contributed by atoms with Gasteiger partial charge < -0.3 is 18.6 Å². The van der Waals surface area contributed by atoms with Gasteiger partial charge in [-0.05, 0) is 18.6 Å². The number of furan rings is 1. The van der Waals surface area contributed by atoms with Crippen LogP contribution in [0.3, 0.4) is 0 Å². The van der Waals surface area contributed by atoms with Crippen molar-refractivity contribution in [2.24, 2.45) is 0 Å². The van der Waals surface area contributed by atoms with Crippen molar-refractivity contribution in [3.63, 3.8) is 0 Å². The van der Waals surface area contributed by atoms with E-state index in [-0.39, 0.29) is 0 Å². The minimum atomic E-state index is 0.331. The summed E-state index contributed by atoms with van der Waals surface area (Å²) in [5, 5.41) is 9.28. The number of aryl methyl sites for hydroxylation is 1. The lowest BCUT2D eigenvalue weighted by Gasteiger charge is -2.26. The Labute approximate surface area is 238 Å². The van der Waals surface area contributed by atoms with Gasteiger partial charge in [-0.3, -0.25) is 4.90 Å². The van der Waals surface area contributed by atoms with Gasteiger partial charge in [0.1, 0.15) is 39.4 Å². The molecule has 1 fully saturated rings. The highest BCUT2D eigenvalue weighted by Crippen LogP contribution is 2.37. The summed E-state index contributed by atoms with van der Waals surface area (Å²) in [7, 11) is 1.63. The van der Waals surface area contributed by atoms with Crippen molar-refractivity contribution in [2.45, 2.75) is 20.1 Å². The molecule has 0 amide bonds. The number of benzene rings is 2. The fourth-order valence-corrected chi connectivity index (χ4v) is 6.33. The summed E-state index contributed by atoms with van der Waals surface area (Å²) >= 11 is 3.16. The molecule has 5 heterocycles. The Balaban J connectivity index is 1.08. The number of fused-ring (bicyclic) bond motifs is 2. The van der Waals surface area contributed by atoms with E-state index in [9.17, 15) is 0 Å². The second-order valence-electron chi connectivity index (χ2n) is 9.64.